The molecule has 1 aromatic carbocycles. The number of allylic oxidation sites excluding steroid dienone is 2. The average Bonchev–Trinajstić information content (AvgIpc) is 3.24. The number of H-pyrrole nitrogens is 1. The third-order valence-electron chi connectivity index (χ3n) is 5.64. The lowest BCUT2D eigenvalue weighted by Gasteiger charge is -2.14. The van der Waals surface area contributed by atoms with Crippen molar-refractivity contribution in [2.24, 2.45) is 5.92 Å². The minimum Gasteiger partial charge on any atom is -0.364 e. The van der Waals surface area contributed by atoms with E-state index in [2.05, 4.69) is 72.8 Å². The van der Waals surface area contributed by atoms with E-state index in [0.29, 0.717) is 12.0 Å². The first-order valence-electron chi connectivity index (χ1n) is 10.1. The number of benzene rings is 1. The molecule has 0 saturated heterocycles. The van der Waals surface area contributed by atoms with Crippen molar-refractivity contribution in [1.82, 2.24) is 10.3 Å². The molecule has 2 nitrogen and oxygen atoms in total. The second kappa shape index (κ2) is 7.67. The van der Waals surface area contributed by atoms with Crippen LogP contribution in [0.4, 0.5) is 0 Å². The standard InChI is InChI=1S/C24H30N2/c1-17(2)7-8-18-9-11-22-19(15-18)10-12-24(22)25-14-13-20-16-26-23-6-4-3-5-21(20)23/h3,5,7-9,11,15-17,24-26H,4,6,10,12-14H2,1-2H3/b8-7+. The van der Waals surface area contributed by atoms with Crippen LogP contribution in [0.5, 0.6) is 0 Å². The first-order valence-corrected chi connectivity index (χ1v) is 10.1. The molecule has 0 radical (unpaired) electrons. The molecule has 0 bridgehead atoms. The predicted octanol–water partition coefficient (Wildman–Crippen LogP) is 5.46. The van der Waals surface area contributed by atoms with Crippen molar-refractivity contribution in [3.63, 3.8) is 0 Å². The van der Waals surface area contributed by atoms with Crippen LogP contribution >= 0.6 is 0 Å². The van der Waals surface area contributed by atoms with Crippen molar-refractivity contribution in [2.45, 2.75) is 52.0 Å². The Kier molecular flexibility index (Phi) is 5.12. The summed E-state index contributed by atoms with van der Waals surface area (Å²) >= 11 is 0. The van der Waals surface area contributed by atoms with E-state index in [1.54, 1.807) is 0 Å². The Hall–Kier alpha value is -2.06. The van der Waals surface area contributed by atoms with Gasteiger partial charge in [0.2, 0.25) is 0 Å². The van der Waals surface area contributed by atoms with E-state index in [1.165, 1.54) is 52.8 Å². The lowest BCUT2D eigenvalue weighted by atomic mass is 10.00. The fourth-order valence-electron chi connectivity index (χ4n) is 4.21. The van der Waals surface area contributed by atoms with Crippen molar-refractivity contribution < 1.29 is 0 Å². The maximum absolute atomic E-state index is 3.80. The molecular weight excluding hydrogens is 316 g/mol. The van der Waals surface area contributed by atoms with Crippen molar-refractivity contribution in [1.29, 1.82) is 0 Å². The van der Waals surface area contributed by atoms with Crippen molar-refractivity contribution in [3.05, 3.63) is 70.1 Å². The first kappa shape index (κ1) is 17.4. The van der Waals surface area contributed by atoms with Crippen molar-refractivity contribution in [3.8, 4) is 0 Å². The Bertz CT molecular complexity index is 823. The molecule has 2 aliphatic carbocycles. The fraction of sp³-hybridized carbons (Fsp3) is 0.417. The summed E-state index contributed by atoms with van der Waals surface area (Å²) in [5, 5.41) is 3.80. The summed E-state index contributed by atoms with van der Waals surface area (Å²) in [5.41, 5.74) is 8.67. The molecule has 1 atom stereocenters. The summed E-state index contributed by atoms with van der Waals surface area (Å²) in [7, 11) is 0. The molecule has 2 heteroatoms. The third-order valence-corrected chi connectivity index (χ3v) is 5.64. The number of aryl methyl sites for hydroxylation is 2. The minimum absolute atomic E-state index is 0.512. The summed E-state index contributed by atoms with van der Waals surface area (Å²) in [6, 6.07) is 7.49. The Labute approximate surface area is 157 Å². The second-order valence-electron chi connectivity index (χ2n) is 8.00. The monoisotopic (exact) mass is 346 g/mol. The highest BCUT2D eigenvalue weighted by Gasteiger charge is 2.22. The molecular formula is C24H30N2. The SMILES string of the molecule is CC(C)/C=C/c1ccc2c(c1)CCC2NCCc1c[nH]c2c1C=CCC2. The van der Waals surface area contributed by atoms with E-state index in [1.807, 2.05) is 0 Å². The second-order valence-corrected chi connectivity index (χ2v) is 8.00. The van der Waals surface area contributed by atoms with Gasteiger partial charge in [-0.2, -0.15) is 0 Å². The number of nitrogens with one attached hydrogen (secondary N) is 2. The highest BCUT2D eigenvalue weighted by Crippen LogP contribution is 2.32. The third kappa shape index (κ3) is 3.71. The van der Waals surface area contributed by atoms with Gasteiger partial charge in [0.05, 0.1) is 0 Å². The minimum atomic E-state index is 0.512. The van der Waals surface area contributed by atoms with Gasteiger partial charge in [0.15, 0.2) is 0 Å². The van der Waals surface area contributed by atoms with E-state index in [9.17, 15) is 0 Å². The largest absolute Gasteiger partial charge is 0.364 e. The zero-order valence-electron chi connectivity index (χ0n) is 16.0. The first-order chi connectivity index (χ1) is 12.7. The number of hydrogen-bond acceptors (Lipinski definition) is 1. The number of aromatic nitrogens is 1. The number of fused-ring (bicyclic) bond motifs is 2. The molecule has 2 aromatic rings. The normalized spacial score (nSPS) is 18.7. The van der Waals surface area contributed by atoms with E-state index in [-0.39, 0.29) is 0 Å². The van der Waals surface area contributed by atoms with Crippen LogP contribution in [0.15, 0.2) is 36.5 Å². The van der Waals surface area contributed by atoms with Crippen molar-refractivity contribution >= 4 is 12.2 Å². The maximum atomic E-state index is 3.80. The molecule has 0 aliphatic heterocycles. The lowest BCUT2D eigenvalue weighted by Crippen LogP contribution is -2.22. The van der Waals surface area contributed by atoms with Gasteiger partial charge in [0.25, 0.3) is 0 Å². The quantitative estimate of drug-likeness (QED) is 0.714. The van der Waals surface area contributed by atoms with Gasteiger partial charge >= 0.3 is 0 Å². The van der Waals surface area contributed by atoms with Gasteiger partial charge in [-0.3, -0.25) is 0 Å². The molecule has 1 unspecified atom stereocenters. The van der Waals surface area contributed by atoms with Crippen LogP contribution in [0, 0.1) is 5.92 Å². The lowest BCUT2D eigenvalue weighted by molar-refractivity contribution is 0.533. The smallest absolute Gasteiger partial charge is 0.0326 e. The molecule has 0 amide bonds. The Balaban J connectivity index is 1.36. The molecule has 26 heavy (non-hydrogen) atoms. The summed E-state index contributed by atoms with van der Waals surface area (Å²) in [6.45, 7) is 5.49. The van der Waals surface area contributed by atoms with Crippen LogP contribution in [0.2, 0.25) is 0 Å². The summed E-state index contributed by atoms with van der Waals surface area (Å²) in [4.78, 5) is 3.46. The number of hydrogen-bond donors (Lipinski definition) is 2. The summed E-state index contributed by atoms with van der Waals surface area (Å²) < 4.78 is 0. The molecule has 0 spiro atoms. The fourth-order valence-corrected chi connectivity index (χ4v) is 4.21. The number of rotatable bonds is 6. The van der Waals surface area contributed by atoms with Crippen LogP contribution < -0.4 is 5.32 Å². The average molecular weight is 347 g/mol. The molecule has 0 saturated carbocycles. The van der Waals surface area contributed by atoms with Crippen molar-refractivity contribution in [2.75, 3.05) is 6.54 Å². The van der Waals surface area contributed by atoms with Gasteiger partial charge in [0, 0.05) is 17.9 Å². The zero-order valence-corrected chi connectivity index (χ0v) is 16.0. The topological polar surface area (TPSA) is 27.8 Å². The van der Waals surface area contributed by atoms with Crippen LogP contribution in [-0.4, -0.2) is 11.5 Å². The summed E-state index contributed by atoms with van der Waals surface area (Å²) in [6.07, 6.45) is 17.2. The summed E-state index contributed by atoms with van der Waals surface area (Å²) in [5.74, 6) is 0.603. The molecule has 2 N–H and O–H groups in total. The van der Waals surface area contributed by atoms with E-state index >= 15 is 0 Å². The van der Waals surface area contributed by atoms with Gasteiger partial charge < -0.3 is 10.3 Å². The maximum Gasteiger partial charge on any atom is 0.0326 e. The van der Waals surface area contributed by atoms with Gasteiger partial charge in [-0.1, -0.05) is 56.4 Å². The van der Waals surface area contributed by atoms with Gasteiger partial charge in [-0.15, -0.1) is 0 Å². The molecule has 1 aromatic heterocycles. The molecule has 136 valence electrons. The highest BCUT2D eigenvalue weighted by molar-refractivity contribution is 5.59. The molecule has 0 fully saturated rings. The predicted molar refractivity (Wildman–Crippen MR) is 111 cm³/mol. The molecule has 2 aliphatic rings. The van der Waals surface area contributed by atoms with Crippen LogP contribution in [0.3, 0.4) is 0 Å². The van der Waals surface area contributed by atoms with Gasteiger partial charge in [-0.25, -0.2) is 0 Å². The van der Waals surface area contributed by atoms with Crippen LogP contribution in [0.1, 0.15) is 66.2 Å². The highest BCUT2D eigenvalue weighted by atomic mass is 14.9. The molecule has 4 rings (SSSR count). The van der Waals surface area contributed by atoms with E-state index in [0.717, 1.165) is 19.4 Å². The molecule has 1 heterocycles. The Morgan fingerprint density at radius 3 is 3.08 bits per heavy atom. The van der Waals surface area contributed by atoms with Gasteiger partial charge in [0.1, 0.15) is 0 Å². The number of aromatic amines is 1. The van der Waals surface area contributed by atoms with E-state index in [4.69, 9.17) is 0 Å². The van der Waals surface area contributed by atoms with E-state index < -0.39 is 0 Å². The van der Waals surface area contributed by atoms with Crippen LogP contribution in [-0.2, 0) is 19.3 Å². The van der Waals surface area contributed by atoms with Crippen LogP contribution in [0.25, 0.3) is 12.2 Å². The van der Waals surface area contributed by atoms with Gasteiger partial charge in [-0.05, 0) is 72.4 Å². The Morgan fingerprint density at radius 1 is 1.27 bits per heavy atom. The Morgan fingerprint density at radius 2 is 2.19 bits per heavy atom. The zero-order chi connectivity index (χ0) is 17.9.